The van der Waals surface area contributed by atoms with Gasteiger partial charge in [0.1, 0.15) is 11.3 Å². The molecule has 0 aliphatic heterocycles. The van der Waals surface area contributed by atoms with Gasteiger partial charge in [0.2, 0.25) is 0 Å². The van der Waals surface area contributed by atoms with Crippen LogP contribution in [-0.2, 0) is 6.54 Å². The molecular formula is C16H16BrNOS. The average Bonchev–Trinajstić information content (AvgIpc) is 3.01. The molecule has 0 bridgehead atoms. The van der Waals surface area contributed by atoms with E-state index >= 15 is 0 Å². The molecule has 0 saturated carbocycles. The molecule has 3 aromatic rings. The molecule has 0 fully saturated rings. The van der Waals surface area contributed by atoms with Crippen LogP contribution in [0.2, 0.25) is 0 Å². The molecule has 1 N–H and O–H groups in total. The molecule has 2 aromatic heterocycles. The number of hydrogen-bond acceptors (Lipinski definition) is 3. The van der Waals surface area contributed by atoms with Crippen molar-refractivity contribution < 1.29 is 4.42 Å². The number of thiophene rings is 1. The standard InChI is InChI=1S/C16H16BrNOS/c1-10-12-5-3-4-6-14(12)19-16(10)11(2)18-9-15-13(17)7-8-20-15/h3-8,11,18H,9H2,1-2H3. The second-order valence-electron chi connectivity index (χ2n) is 4.88. The number of aryl methyl sites for hydroxylation is 1. The summed E-state index contributed by atoms with van der Waals surface area (Å²) in [6.45, 7) is 5.11. The first kappa shape index (κ1) is 13.9. The van der Waals surface area contributed by atoms with Crippen LogP contribution in [0.3, 0.4) is 0 Å². The van der Waals surface area contributed by atoms with E-state index in [2.05, 4.69) is 58.7 Å². The molecule has 0 radical (unpaired) electrons. The van der Waals surface area contributed by atoms with Gasteiger partial charge < -0.3 is 9.73 Å². The Balaban J connectivity index is 1.80. The lowest BCUT2D eigenvalue weighted by Crippen LogP contribution is -2.17. The fraction of sp³-hybridized carbons (Fsp3) is 0.250. The third-order valence-corrected chi connectivity index (χ3v) is 5.46. The first-order chi connectivity index (χ1) is 9.66. The molecule has 1 atom stereocenters. The number of para-hydroxylation sites is 1. The second kappa shape index (κ2) is 5.72. The van der Waals surface area contributed by atoms with E-state index in [0.717, 1.165) is 17.9 Å². The van der Waals surface area contributed by atoms with Gasteiger partial charge in [0, 0.05) is 21.3 Å². The van der Waals surface area contributed by atoms with Crippen LogP contribution in [0, 0.1) is 6.92 Å². The largest absolute Gasteiger partial charge is 0.459 e. The van der Waals surface area contributed by atoms with E-state index in [1.807, 2.05) is 12.1 Å². The SMILES string of the molecule is Cc1c(C(C)NCc2sccc2Br)oc2ccccc12. The predicted octanol–water partition coefficient (Wildman–Crippen LogP) is 5.42. The smallest absolute Gasteiger partial charge is 0.134 e. The van der Waals surface area contributed by atoms with Crippen LogP contribution in [0.1, 0.15) is 29.2 Å². The van der Waals surface area contributed by atoms with Crippen molar-refractivity contribution in [3.05, 3.63) is 56.4 Å². The maximum Gasteiger partial charge on any atom is 0.134 e. The minimum absolute atomic E-state index is 0.191. The minimum atomic E-state index is 0.191. The number of benzene rings is 1. The first-order valence-corrected chi connectivity index (χ1v) is 8.27. The van der Waals surface area contributed by atoms with Crippen LogP contribution in [0.5, 0.6) is 0 Å². The number of nitrogens with one attached hydrogen (secondary N) is 1. The zero-order valence-electron chi connectivity index (χ0n) is 11.4. The molecule has 0 aliphatic rings. The zero-order valence-corrected chi connectivity index (χ0v) is 13.8. The Morgan fingerprint density at radius 2 is 2.10 bits per heavy atom. The summed E-state index contributed by atoms with van der Waals surface area (Å²) in [4.78, 5) is 1.31. The predicted molar refractivity (Wildman–Crippen MR) is 88.2 cm³/mol. The van der Waals surface area contributed by atoms with Gasteiger partial charge in [-0.25, -0.2) is 0 Å². The summed E-state index contributed by atoms with van der Waals surface area (Å²) < 4.78 is 7.16. The summed E-state index contributed by atoms with van der Waals surface area (Å²) in [6, 6.07) is 10.5. The molecule has 4 heteroatoms. The van der Waals surface area contributed by atoms with Gasteiger partial charge in [0.05, 0.1) is 6.04 Å². The van der Waals surface area contributed by atoms with Crippen molar-refractivity contribution in [2.45, 2.75) is 26.4 Å². The molecule has 3 rings (SSSR count). The molecule has 0 spiro atoms. The van der Waals surface area contributed by atoms with Crippen LogP contribution in [0.4, 0.5) is 0 Å². The lowest BCUT2D eigenvalue weighted by Gasteiger charge is -2.12. The van der Waals surface area contributed by atoms with Crippen LogP contribution in [0.15, 0.2) is 44.6 Å². The number of furan rings is 1. The maximum atomic E-state index is 5.99. The topological polar surface area (TPSA) is 25.2 Å². The molecule has 2 heterocycles. The lowest BCUT2D eigenvalue weighted by atomic mass is 10.1. The molecule has 0 aliphatic carbocycles. The fourth-order valence-electron chi connectivity index (χ4n) is 2.40. The highest BCUT2D eigenvalue weighted by Crippen LogP contribution is 2.30. The van der Waals surface area contributed by atoms with E-state index in [-0.39, 0.29) is 6.04 Å². The van der Waals surface area contributed by atoms with Crippen molar-refractivity contribution in [1.29, 1.82) is 0 Å². The van der Waals surface area contributed by atoms with Gasteiger partial charge >= 0.3 is 0 Å². The Kier molecular flexibility index (Phi) is 3.96. The Labute approximate surface area is 130 Å². The number of rotatable bonds is 4. The van der Waals surface area contributed by atoms with Crippen LogP contribution < -0.4 is 5.32 Å². The van der Waals surface area contributed by atoms with E-state index < -0.39 is 0 Å². The first-order valence-electron chi connectivity index (χ1n) is 6.60. The minimum Gasteiger partial charge on any atom is -0.459 e. The number of hydrogen-bond donors (Lipinski definition) is 1. The Hall–Kier alpha value is -1.10. The molecule has 0 amide bonds. The molecule has 104 valence electrons. The van der Waals surface area contributed by atoms with Crippen LogP contribution >= 0.6 is 27.3 Å². The summed E-state index contributed by atoms with van der Waals surface area (Å²) in [5, 5.41) is 6.83. The van der Waals surface area contributed by atoms with E-state index in [9.17, 15) is 0 Å². The maximum absolute atomic E-state index is 5.99. The highest BCUT2D eigenvalue weighted by Gasteiger charge is 2.16. The quantitative estimate of drug-likeness (QED) is 0.680. The van der Waals surface area contributed by atoms with Crippen molar-refractivity contribution in [1.82, 2.24) is 5.32 Å². The molecular weight excluding hydrogens is 334 g/mol. The van der Waals surface area contributed by atoms with Crippen molar-refractivity contribution in [2.75, 3.05) is 0 Å². The summed E-state index contributed by atoms with van der Waals surface area (Å²) in [7, 11) is 0. The second-order valence-corrected chi connectivity index (χ2v) is 6.74. The zero-order chi connectivity index (χ0) is 14.1. The van der Waals surface area contributed by atoms with Gasteiger partial charge in [-0.1, -0.05) is 18.2 Å². The third kappa shape index (κ3) is 2.55. The summed E-state index contributed by atoms with van der Waals surface area (Å²) in [5.41, 5.74) is 2.19. The summed E-state index contributed by atoms with van der Waals surface area (Å²) in [5.74, 6) is 1.03. The Bertz CT molecular complexity index is 731. The van der Waals surface area contributed by atoms with E-state index in [1.54, 1.807) is 11.3 Å². The van der Waals surface area contributed by atoms with Crippen molar-refractivity contribution in [3.8, 4) is 0 Å². The van der Waals surface area contributed by atoms with Gasteiger partial charge in [-0.15, -0.1) is 11.3 Å². The van der Waals surface area contributed by atoms with Crippen LogP contribution in [0.25, 0.3) is 11.0 Å². The molecule has 1 aromatic carbocycles. The average molecular weight is 350 g/mol. The van der Waals surface area contributed by atoms with Crippen LogP contribution in [-0.4, -0.2) is 0 Å². The molecule has 20 heavy (non-hydrogen) atoms. The normalized spacial score (nSPS) is 12.9. The van der Waals surface area contributed by atoms with Gasteiger partial charge in [-0.2, -0.15) is 0 Å². The monoisotopic (exact) mass is 349 g/mol. The van der Waals surface area contributed by atoms with E-state index in [0.29, 0.717) is 0 Å². The third-order valence-electron chi connectivity index (χ3n) is 3.53. The summed E-state index contributed by atoms with van der Waals surface area (Å²) >= 11 is 5.32. The van der Waals surface area contributed by atoms with Crippen molar-refractivity contribution >= 4 is 38.2 Å². The van der Waals surface area contributed by atoms with E-state index in [1.165, 1.54) is 20.3 Å². The molecule has 0 saturated heterocycles. The van der Waals surface area contributed by atoms with Gasteiger partial charge in [0.15, 0.2) is 0 Å². The lowest BCUT2D eigenvalue weighted by molar-refractivity contribution is 0.448. The Morgan fingerprint density at radius 3 is 2.80 bits per heavy atom. The number of fused-ring (bicyclic) bond motifs is 1. The van der Waals surface area contributed by atoms with Gasteiger partial charge in [-0.05, 0) is 52.9 Å². The van der Waals surface area contributed by atoms with Crippen molar-refractivity contribution in [3.63, 3.8) is 0 Å². The van der Waals surface area contributed by atoms with Gasteiger partial charge in [-0.3, -0.25) is 0 Å². The fourth-order valence-corrected chi connectivity index (χ4v) is 3.84. The Morgan fingerprint density at radius 1 is 1.30 bits per heavy atom. The number of halogens is 1. The van der Waals surface area contributed by atoms with Gasteiger partial charge in [0.25, 0.3) is 0 Å². The summed E-state index contributed by atoms with van der Waals surface area (Å²) in [6.07, 6.45) is 0. The molecule has 2 nitrogen and oxygen atoms in total. The highest BCUT2D eigenvalue weighted by atomic mass is 79.9. The molecule has 1 unspecified atom stereocenters. The van der Waals surface area contributed by atoms with Crippen molar-refractivity contribution in [2.24, 2.45) is 0 Å². The van der Waals surface area contributed by atoms with E-state index in [4.69, 9.17) is 4.42 Å². The highest BCUT2D eigenvalue weighted by molar-refractivity contribution is 9.10.